The van der Waals surface area contributed by atoms with Crippen LogP contribution in [0.3, 0.4) is 0 Å². The average molecular weight is 274 g/mol. The predicted molar refractivity (Wildman–Crippen MR) is 82.5 cm³/mol. The van der Waals surface area contributed by atoms with E-state index in [0.717, 1.165) is 11.6 Å². The summed E-state index contributed by atoms with van der Waals surface area (Å²) in [6.45, 7) is 9.76. The Kier molecular flexibility index (Phi) is 4.38. The molecule has 2 aromatic rings. The van der Waals surface area contributed by atoms with Gasteiger partial charge in [-0.3, -0.25) is 0 Å². The molecule has 0 aliphatic rings. The fourth-order valence-corrected chi connectivity index (χ4v) is 2.60. The predicted octanol–water partition coefficient (Wildman–Crippen LogP) is 4.29. The van der Waals surface area contributed by atoms with Crippen LogP contribution in [0.4, 0.5) is 0 Å². The SMILES string of the molecule is CC(NCc1ccc(C(C)(C)C)cc1)c1nccs1. The van der Waals surface area contributed by atoms with Gasteiger partial charge in [0.05, 0.1) is 6.04 Å². The van der Waals surface area contributed by atoms with Crippen molar-refractivity contribution in [1.82, 2.24) is 10.3 Å². The van der Waals surface area contributed by atoms with Crippen molar-refractivity contribution in [2.24, 2.45) is 0 Å². The summed E-state index contributed by atoms with van der Waals surface area (Å²) >= 11 is 1.70. The molecule has 0 saturated heterocycles. The van der Waals surface area contributed by atoms with E-state index in [2.05, 4.69) is 62.3 Å². The second-order valence-electron chi connectivity index (χ2n) is 5.92. The number of nitrogens with one attached hydrogen (secondary N) is 1. The normalized spacial score (nSPS) is 13.5. The van der Waals surface area contributed by atoms with Gasteiger partial charge < -0.3 is 5.32 Å². The fourth-order valence-electron chi connectivity index (χ4n) is 1.93. The van der Waals surface area contributed by atoms with E-state index in [0.29, 0.717) is 6.04 Å². The molecular weight excluding hydrogens is 252 g/mol. The van der Waals surface area contributed by atoms with Gasteiger partial charge in [-0.15, -0.1) is 11.3 Å². The highest BCUT2D eigenvalue weighted by molar-refractivity contribution is 7.09. The van der Waals surface area contributed by atoms with Gasteiger partial charge in [-0.2, -0.15) is 0 Å². The first-order valence-electron chi connectivity index (χ1n) is 6.69. The lowest BCUT2D eigenvalue weighted by atomic mass is 9.87. The second kappa shape index (κ2) is 5.85. The molecular formula is C16H22N2S. The van der Waals surface area contributed by atoms with Gasteiger partial charge in [-0.1, -0.05) is 45.0 Å². The van der Waals surface area contributed by atoms with E-state index in [1.54, 1.807) is 11.3 Å². The van der Waals surface area contributed by atoms with Gasteiger partial charge in [0.2, 0.25) is 0 Å². The van der Waals surface area contributed by atoms with Crippen LogP contribution >= 0.6 is 11.3 Å². The van der Waals surface area contributed by atoms with Crippen LogP contribution < -0.4 is 5.32 Å². The van der Waals surface area contributed by atoms with E-state index in [1.165, 1.54) is 11.1 Å². The Balaban J connectivity index is 1.93. The molecule has 0 bridgehead atoms. The van der Waals surface area contributed by atoms with Crippen LogP contribution in [0.2, 0.25) is 0 Å². The molecule has 3 heteroatoms. The Morgan fingerprint density at radius 2 is 1.89 bits per heavy atom. The Hall–Kier alpha value is -1.19. The minimum Gasteiger partial charge on any atom is -0.304 e. The molecule has 0 aliphatic heterocycles. The van der Waals surface area contributed by atoms with Gasteiger partial charge >= 0.3 is 0 Å². The molecule has 19 heavy (non-hydrogen) atoms. The monoisotopic (exact) mass is 274 g/mol. The molecule has 0 saturated carbocycles. The molecule has 0 radical (unpaired) electrons. The molecule has 1 N–H and O–H groups in total. The highest BCUT2D eigenvalue weighted by Gasteiger charge is 2.13. The minimum atomic E-state index is 0.222. The molecule has 2 rings (SSSR count). The van der Waals surface area contributed by atoms with Gasteiger partial charge in [0, 0.05) is 18.1 Å². The number of nitrogens with zero attached hydrogens (tertiary/aromatic N) is 1. The van der Waals surface area contributed by atoms with Gasteiger partial charge in [0.1, 0.15) is 5.01 Å². The van der Waals surface area contributed by atoms with Gasteiger partial charge in [-0.05, 0) is 23.5 Å². The molecule has 0 spiro atoms. The third-order valence-corrected chi connectivity index (χ3v) is 4.21. The summed E-state index contributed by atoms with van der Waals surface area (Å²) in [5.41, 5.74) is 2.92. The quantitative estimate of drug-likeness (QED) is 0.899. The lowest BCUT2D eigenvalue weighted by Gasteiger charge is -2.19. The average Bonchev–Trinajstić information content (AvgIpc) is 2.89. The van der Waals surface area contributed by atoms with Crippen LogP contribution in [0.25, 0.3) is 0 Å². The zero-order chi connectivity index (χ0) is 13.9. The number of thiazole rings is 1. The third kappa shape index (κ3) is 3.88. The summed E-state index contributed by atoms with van der Waals surface area (Å²) in [6.07, 6.45) is 1.86. The summed E-state index contributed by atoms with van der Waals surface area (Å²) in [7, 11) is 0. The Labute approximate surface area is 119 Å². The standard InChI is InChI=1S/C16H22N2S/c1-12(15-17-9-10-19-15)18-11-13-5-7-14(8-6-13)16(2,3)4/h5-10,12,18H,11H2,1-4H3. The summed E-state index contributed by atoms with van der Waals surface area (Å²) in [5.74, 6) is 0. The number of hydrogen-bond donors (Lipinski definition) is 1. The fraction of sp³-hybridized carbons (Fsp3) is 0.438. The van der Waals surface area contributed by atoms with Crippen molar-refractivity contribution in [3.8, 4) is 0 Å². The molecule has 1 aromatic heterocycles. The van der Waals surface area contributed by atoms with E-state index >= 15 is 0 Å². The highest BCUT2D eigenvalue weighted by atomic mass is 32.1. The first-order chi connectivity index (χ1) is 8.97. The second-order valence-corrected chi connectivity index (χ2v) is 6.85. The van der Waals surface area contributed by atoms with Crippen LogP contribution in [0, 0.1) is 0 Å². The van der Waals surface area contributed by atoms with Crippen molar-refractivity contribution in [2.45, 2.75) is 45.7 Å². The van der Waals surface area contributed by atoms with Crippen molar-refractivity contribution in [3.05, 3.63) is 52.0 Å². The van der Waals surface area contributed by atoms with Crippen molar-refractivity contribution < 1.29 is 0 Å². The molecule has 1 atom stereocenters. The number of hydrogen-bond acceptors (Lipinski definition) is 3. The highest BCUT2D eigenvalue weighted by Crippen LogP contribution is 2.22. The van der Waals surface area contributed by atoms with Crippen LogP contribution in [0.15, 0.2) is 35.8 Å². The topological polar surface area (TPSA) is 24.9 Å². The zero-order valence-electron chi connectivity index (χ0n) is 12.1. The van der Waals surface area contributed by atoms with E-state index in [4.69, 9.17) is 0 Å². The number of rotatable bonds is 4. The largest absolute Gasteiger partial charge is 0.304 e. The molecule has 1 unspecified atom stereocenters. The van der Waals surface area contributed by atoms with Crippen molar-refractivity contribution in [3.63, 3.8) is 0 Å². The number of aromatic nitrogens is 1. The van der Waals surface area contributed by atoms with Gasteiger partial charge in [0.15, 0.2) is 0 Å². The molecule has 0 fully saturated rings. The van der Waals surface area contributed by atoms with E-state index in [1.807, 2.05) is 11.6 Å². The van der Waals surface area contributed by atoms with Crippen LogP contribution in [0.1, 0.15) is 49.9 Å². The van der Waals surface area contributed by atoms with Gasteiger partial charge in [-0.25, -0.2) is 4.98 Å². The molecule has 2 nitrogen and oxygen atoms in total. The van der Waals surface area contributed by atoms with Crippen LogP contribution in [-0.4, -0.2) is 4.98 Å². The lowest BCUT2D eigenvalue weighted by molar-refractivity contribution is 0.569. The van der Waals surface area contributed by atoms with Crippen molar-refractivity contribution >= 4 is 11.3 Å². The maximum atomic E-state index is 4.33. The van der Waals surface area contributed by atoms with Crippen molar-refractivity contribution in [1.29, 1.82) is 0 Å². The first kappa shape index (κ1) is 14.2. The third-order valence-electron chi connectivity index (χ3n) is 3.25. The molecule has 1 aromatic carbocycles. The Bertz CT molecular complexity index is 495. The lowest BCUT2D eigenvalue weighted by Crippen LogP contribution is -2.18. The molecule has 0 aliphatic carbocycles. The van der Waals surface area contributed by atoms with E-state index in [9.17, 15) is 0 Å². The summed E-state index contributed by atoms with van der Waals surface area (Å²) in [5, 5.41) is 6.67. The van der Waals surface area contributed by atoms with Crippen molar-refractivity contribution in [2.75, 3.05) is 0 Å². The Morgan fingerprint density at radius 1 is 1.21 bits per heavy atom. The maximum Gasteiger partial charge on any atom is 0.109 e. The summed E-state index contributed by atoms with van der Waals surface area (Å²) < 4.78 is 0. The van der Waals surface area contributed by atoms with Crippen LogP contribution in [0.5, 0.6) is 0 Å². The number of benzene rings is 1. The van der Waals surface area contributed by atoms with Crippen LogP contribution in [-0.2, 0) is 12.0 Å². The van der Waals surface area contributed by atoms with Gasteiger partial charge in [0.25, 0.3) is 0 Å². The summed E-state index contributed by atoms with van der Waals surface area (Å²) in [4.78, 5) is 4.33. The first-order valence-corrected chi connectivity index (χ1v) is 7.57. The zero-order valence-corrected chi connectivity index (χ0v) is 12.9. The Morgan fingerprint density at radius 3 is 2.42 bits per heavy atom. The molecule has 0 amide bonds. The maximum absolute atomic E-state index is 4.33. The smallest absolute Gasteiger partial charge is 0.109 e. The molecule has 102 valence electrons. The van der Waals surface area contributed by atoms with E-state index < -0.39 is 0 Å². The molecule has 1 heterocycles. The van der Waals surface area contributed by atoms with E-state index in [-0.39, 0.29) is 5.41 Å². The summed E-state index contributed by atoms with van der Waals surface area (Å²) in [6, 6.07) is 9.18. The minimum absolute atomic E-state index is 0.222.